The van der Waals surface area contributed by atoms with Crippen molar-refractivity contribution < 1.29 is 17.9 Å². The summed E-state index contributed by atoms with van der Waals surface area (Å²) in [5, 5.41) is 2.88. The molecule has 1 aliphatic heterocycles. The highest BCUT2D eigenvalue weighted by Gasteiger charge is 2.24. The molecule has 1 aromatic rings. The van der Waals surface area contributed by atoms with E-state index in [1.807, 2.05) is 19.1 Å². The monoisotopic (exact) mass is 383 g/mol. The van der Waals surface area contributed by atoms with Crippen molar-refractivity contribution in [3.8, 4) is 5.75 Å². The molecule has 0 bridgehead atoms. The lowest BCUT2D eigenvalue weighted by Crippen LogP contribution is -2.43. The number of likely N-dealkylation sites (tertiary alicyclic amines) is 1. The normalized spacial score (nSPS) is 15.7. The molecule has 146 valence electrons. The molecule has 1 aliphatic rings. The van der Waals surface area contributed by atoms with Crippen molar-refractivity contribution in [1.29, 1.82) is 0 Å². The summed E-state index contributed by atoms with van der Waals surface area (Å²) in [6.45, 7) is 3.65. The predicted octanol–water partition coefficient (Wildman–Crippen LogP) is 2.66. The van der Waals surface area contributed by atoms with Gasteiger partial charge < -0.3 is 15.0 Å². The van der Waals surface area contributed by atoms with E-state index in [4.69, 9.17) is 4.74 Å². The molecule has 2 amide bonds. The largest absolute Gasteiger partial charge is 0.495 e. The molecule has 0 saturated carbocycles. The number of nitrogens with zero attached hydrogens (tertiary/aromatic N) is 1. The van der Waals surface area contributed by atoms with Gasteiger partial charge in [0.15, 0.2) is 0 Å². The van der Waals surface area contributed by atoms with Crippen LogP contribution in [0.1, 0.15) is 32.6 Å². The molecule has 2 rings (SSSR count). The number of carbonyl (C=O) groups excluding carboxylic acids is 1. The lowest BCUT2D eigenvalue weighted by molar-refractivity contribution is 0.183. The van der Waals surface area contributed by atoms with Crippen LogP contribution in [0.15, 0.2) is 24.3 Å². The maximum atomic E-state index is 12.4. The molecule has 0 aliphatic carbocycles. The number of hydrogen-bond acceptors (Lipinski definition) is 4. The molecule has 1 aromatic carbocycles. The molecular formula is C18H29N3O4S. The van der Waals surface area contributed by atoms with Gasteiger partial charge in [0.25, 0.3) is 0 Å². The number of sulfonamides is 1. The van der Waals surface area contributed by atoms with Crippen LogP contribution in [-0.2, 0) is 10.0 Å². The number of methoxy groups -OCH3 is 1. The Morgan fingerprint density at radius 3 is 2.62 bits per heavy atom. The molecule has 0 radical (unpaired) electrons. The van der Waals surface area contributed by atoms with Gasteiger partial charge in [0.1, 0.15) is 5.75 Å². The number of urea groups is 1. The average Bonchev–Trinajstić information content (AvgIpc) is 2.65. The van der Waals surface area contributed by atoms with Crippen LogP contribution in [0, 0.1) is 5.92 Å². The van der Waals surface area contributed by atoms with Crippen LogP contribution >= 0.6 is 0 Å². The number of piperidine rings is 1. The number of benzene rings is 1. The number of rotatable bonds is 8. The lowest BCUT2D eigenvalue weighted by atomic mass is 9.97. The van der Waals surface area contributed by atoms with E-state index in [1.165, 1.54) is 0 Å². The third-order valence-corrected chi connectivity index (χ3v) is 6.04. The predicted molar refractivity (Wildman–Crippen MR) is 103 cm³/mol. The third kappa shape index (κ3) is 6.17. The molecule has 1 heterocycles. The molecule has 7 nitrogen and oxygen atoms in total. The van der Waals surface area contributed by atoms with E-state index in [0.29, 0.717) is 37.5 Å². The van der Waals surface area contributed by atoms with Gasteiger partial charge in [0, 0.05) is 19.6 Å². The molecule has 0 spiro atoms. The quantitative estimate of drug-likeness (QED) is 0.722. The Kier molecular flexibility index (Phi) is 7.71. The summed E-state index contributed by atoms with van der Waals surface area (Å²) in [5.41, 5.74) is 0.644. The summed E-state index contributed by atoms with van der Waals surface area (Å²) in [6.07, 6.45) is 3.11. The molecular weight excluding hydrogens is 354 g/mol. The second-order valence-electron chi connectivity index (χ2n) is 6.58. The Morgan fingerprint density at radius 1 is 1.27 bits per heavy atom. The van der Waals surface area contributed by atoms with Crippen LogP contribution in [0.5, 0.6) is 5.75 Å². The van der Waals surface area contributed by atoms with Crippen LogP contribution in [0.3, 0.4) is 0 Å². The average molecular weight is 384 g/mol. The zero-order valence-electron chi connectivity index (χ0n) is 15.5. The minimum absolute atomic E-state index is 0.156. The van der Waals surface area contributed by atoms with Gasteiger partial charge in [-0.25, -0.2) is 17.9 Å². The fraction of sp³-hybridized carbons (Fsp3) is 0.611. The molecule has 8 heteroatoms. The van der Waals surface area contributed by atoms with Crippen LogP contribution in [0.2, 0.25) is 0 Å². The van der Waals surface area contributed by atoms with E-state index in [2.05, 4.69) is 10.0 Å². The van der Waals surface area contributed by atoms with Gasteiger partial charge in [-0.2, -0.15) is 0 Å². The number of hydrogen-bond donors (Lipinski definition) is 2. The summed E-state index contributed by atoms with van der Waals surface area (Å²) in [5.74, 6) is 1.07. The highest BCUT2D eigenvalue weighted by Crippen LogP contribution is 2.24. The Balaban J connectivity index is 1.78. The zero-order valence-corrected chi connectivity index (χ0v) is 16.3. The maximum absolute atomic E-state index is 12.4. The first-order chi connectivity index (χ1) is 12.4. The minimum Gasteiger partial charge on any atom is -0.495 e. The Morgan fingerprint density at radius 2 is 1.96 bits per heavy atom. The smallest absolute Gasteiger partial charge is 0.321 e. The molecule has 0 atom stereocenters. The van der Waals surface area contributed by atoms with Crippen molar-refractivity contribution in [2.75, 3.05) is 37.8 Å². The molecule has 2 N–H and O–H groups in total. The Labute approximate surface area is 156 Å². The van der Waals surface area contributed by atoms with E-state index >= 15 is 0 Å². The van der Waals surface area contributed by atoms with Crippen molar-refractivity contribution in [3.05, 3.63) is 24.3 Å². The number of anilines is 1. The van der Waals surface area contributed by atoms with Gasteiger partial charge in [-0.3, -0.25) is 0 Å². The molecule has 26 heavy (non-hydrogen) atoms. The molecule has 0 unspecified atom stereocenters. The first kappa shape index (κ1) is 20.5. The maximum Gasteiger partial charge on any atom is 0.321 e. The number of para-hydroxylation sites is 2. The summed E-state index contributed by atoms with van der Waals surface area (Å²) in [7, 11) is -1.61. The highest BCUT2D eigenvalue weighted by molar-refractivity contribution is 7.89. The fourth-order valence-corrected chi connectivity index (χ4v) is 4.24. The van der Waals surface area contributed by atoms with E-state index < -0.39 is 10.0 Å². The van der Waals surface area contributed by atoms with Crippen LogP contribution in [-0.4, -0.2) is 51.8 Å². The molecule has 1 fully saturated rings. The summed E-state index contributed by atoms with van der Waals surface area (Å²) in [6, 6.07) is 7.13. The Hall–Kier alpha value is -1.80. The third-order valence-electron chi connectivity index (χ3n) is 4.61. The Bertz CT molecular complexity index is 685. The molecule has 0 aromatic heterocycles. The molecule has 1 saturated heterocycles. The number of unbranched alkanes of at least 4 members (excludes halogenated alkanes) is 1. The van der Waals surface area contributed by atoms with Gasteiger partial charge in [-0.1, -0.05) is 25.5 Å². The van der Waals surface area contributed by atoms with Crippen LogP contribution in [0.4, 0.5) is 10.5 Å². The number of amides is 2. The van der Waals surface area contributed by atoms with Crippen molar-refractivity contribution in [1.82, 2.24) is 9.62 Å². The van der Waals surface area contributed by atoms with Crippen LogP contribution < -0.4 is 14.8 Å². The SMILES string of the molecule is CCCCS(=O)(=O)NCC1CCN(C(=O)Nc2ccccc2OC)CC1. The minimum atomic E-state index is -3.18. The topological polar surface area (TPSA) is 87.7 Å². The summed E-state index contributed by atoms with van der Waals surface area (Å²) in [4.78, 5) is 14.2. The van der Waals surface area contributed by atoms with Crippen molar-refractivity contribution in [2.24, 2.45) is 5.92 Å². The first-order valence-corrected chi connectivity index (χ1v) is 10.8. The number of nitrogens with one attached hydrogen (secondary N) is 2. The number of ether oxygens (including phenoxy) is 1. The van der Waals surface area contributed by atoms with Gasteiger partial charge in [-0.15, -0.1) is 0 Å². The first-order valence-electron chi connectivity index (χ1n) is 9.11. The standard InChI is InChI=1S/C18H29N3O4S/c1-3-4-13-26(23,24)19-14-15-9-11-21(12-10-15)18(22)20-16-7-5-6-8-17(16)25-2/h5-8,15,19H,3-4,9-14H2,1-2H3,(H,20,22). The van der Waals surface area contributed by atoms with E-state index in [0.717, 1.165) is 19.3 Å². The van der Waals surface area contributed by atoms with Gasteiger partial charge in [0.05, 0.1) is 18.6 Å². The van der Waals surface area contributed by atoms with Gasteiger partial charge in [0.2, 0.25) is 10.0 Å². The summed E-state index contributed by atoms with van der Waals surface area (Å²) < 4.78 is 31.7. The second kappa shape index (κ2) is 9.78. The lowest BCUT2D eigenvalue weighted by Gasteiger charge is -2.32. The van der Waals surface area contributed by atoms with Crippen LogP contribution in [0.25, 0.3) is 0 Å². The van der Waals surface area contributed by atoms with Crippen molar-refractivity contribution >= 4 is 21.7 Å². The fourth-order valence-electron chi connectivity index (χ4n) is 2.93. The van der Waals surface area contributed by atoms with Gasteiger partial charge in [-0.05, 0) is 37.3 Å². The summed E-state index contributed by atoms with van der Waals surface area (Å²) >= 11 is 0. The zero-order chi connectivity index (χ0) is 19.0. The van der Waals surface area contributed by atoms with Crippen molar-refractivity contribution in [3.63, 3.8) is 0 Å². The van der Waals surface area contributed by atoms with Gasteiger partial charge >= 0.3 is 6.03 Å². The number of carbonyl (C=O) groups is 1. The highest BCUT2D eigenvalue weighted by atomic mass is 32.2. The van der Waals surface area contributed by atoms with E-state index in [-0.39, 0.29) is 17.7 Å². The van der Waals surface area contributed by atoms with Crippen molar-refractivity contribution in [2.45, 2.75) is 32.6 Å². The van der Waals surface area contributed by atoms with E-state index in [1.54, 1.807) is 24.1 Å². The van der Waals surface area contributed by atoms with E-state index in [9.17, 15) is 13.2 Å². The second-order valence-corrected chi connectivity index (χ2v) is 8.51.